The van der Waals surface area contributed by atoms with Gasteiger partial charge in [-0.15, -0.1) is 0 Å². The van der Waals surface area contributed by atoms with E-state index in [1.165, 1.54) is 42.5 Å². The van der Waals surface area contributed by atoms with Crippen molar-refractivity contribution in [3.63, 3.8) is 0 Å². The van der Waals surface area contributed by atoms with Crippen LogP contribution in [-0.4, -0.2) is 34.4 Å². The molecule has 17 heteroatoms. The van der Waals surface area contributed by atoms with Crippen molar-refractivity contribution in [3.8, 4) is 22.5 Å². The van der Waals surface area contributed by atoms with Gasteiger partial charge >= 0.3 is 20.4 Å². The van der Waals surface area contributed by atoms with Gasteiger partial charge in [-0.2, -0.15) is 35.4 Å². The molecule has 0 fully saturated rings. The lowest BCUT2D eigenvalue weighted by Crippen LogP contribution is -2.72. The summed E-state index contributed by atoms with van der Waals surface area (Å²) in [6.45, 7) is 7.34. The van der Waals surface area contributed by atoms with Gasteiger partial charge in [0.25, 0.3) is 10.1 Å². The highest BCUT2D eigenvalue weighted by Crippen LogP contribution is 2.45. The molecule has 0 saturated carbocycles. The molecule has 2 aliphatic rings. The van der Waals surface area contributed by atoms with Gasteiger partial charge in [0, 0.05) is 45.0 Å². The fourth-order valence-corrected chi connectivity index (χ4v) is 8.02. The number of hydrogen-bond acceptors (Lipinski definition) is 10. The molecule has 1 aliphatic heterocycles. The van der Waals surface area contributed by atoms with Crippen LogP contribution < -0.4 is 26.3 Å². The summed E-state index contributed by atoms with van der Waals surface area (Å²) in [5.41, 5.74) is 4.42. The van der Waals surface area contributed by atoms with Crippen LogP contribution in [0.25, 0.3) is 33.4 Å². The molecule has 0 spiro atoms. The number of anilines is 3. The zero-order valence-electron chi connectivity index (χ0n) is 28.0. The van der Waals surface area contributed by atoms with Gasteiger partial charge < -0.3 is 9.73 Å². The fourth-order valence-electron chi connectivity index (χ4n) is 6.13. The highest BCUT2D eigenvalue weighted by atomic mass is 32.2. The molecule has 0 unspecified atom stereocenters. The maximum absolute atomic E-state index is 13.4. The Labute approximate surface area is 299 Å². The van der Waals surface area contributed by atoms with E-state index in [0.29, 0.717) is 11.4 Å². The first-order valence-corrected chi connectivity index (χ1v) is 19.7. The summed E-state index contributed by atoms with van der Waals surface area (Å²) in [6, 6.07) is 21.7. The second-order valence-corrected chi connectivity index (χ2v) is 16.2. The van der Waals surface area contributed by atoms with E-state index in [4.69, 9.17) is 10.3 Å². The summed E-state index contributed by atoms with van der Waals surface area (Å²) < 4.78 is 110. The van der Waals surface area contributed by atoms with Crippen molar-refractivity contribution in [2.45, 2.75) is 37.5 Å². The van der Waals surface area contributed by atoms with Crippen LogP contribution in [0, 0.1) is 27.7 Å². The lowest BCUT2D eigenvalue weighted by molar-refractivity contribution is -0.406. The average molecular weight is 766 g/mol. The lowest BCUT2D eigenvalue weighted by Gasteiger charge is -2.21. The highest BCUT2D eigenvalue weighted by molar-refractivity contribution is 7.87. The third kappa shape index (κ3) is 7.15. The van der Waals surface area contributed by atoms with E-state index < -0.39 is 40.3 Å². The molecule has 0 amide bonds. The molecule has 1 aliphatic carbocycles. The summed E-state index contributed by atoms with van der Waals surface area (Å²) in [7, 11) is -14.4. The maximum atomic E-state index is 13.4. The Morgan fingerprint density at radius 1 is 0.712 bits per heavy atom. The standard InChI is InChI=1S/C35H32N4O10S3/c1-19-9-7-10-20(2)34(19)37-26-17-29-24(15-27(26)39-52(45,46)47)33(23-13-5-6-14-31(23)50(40,41)42)25-16-32(51(43,44)49-36)28(18-30(25)48-29)38-35-21(3)11-8-12-22(35)4/h5-18,37,39H,36H2,1-4H3,(H,40,41,42)(H,45,46,47)/p+1. The number of nitrogens with one attached hydrogen (secondary N) is 3. The molecule has 270 valence electrons. The second kappa shape index (κ2) is 13.4. The first-order valence-electron chi connectivity index (χ1n) is 15.4. The number of rotatable bonds is 9. The number of para-hydroxylation sites is 2. The van der Waals surface area contributed by atoms with E-state index >= 15 is 0 Å². The second-order valence-electron chi connectivity index (χ2n) is 12.1. The Bertz CT molecular complexity index is 2760. The first kappa shape index (κ1) is 36.6. The minimum Gasteiger partial charge on any atom is -0.456 e. The van der Waals surface area contributed by atoms with Crippen LogP contribution in [0.4, 0.5) is 22.7 Å². The van der Waals surface area contributed by atoms with Gasteiger partial charge in [0.05, 0.1) is 17.4 Å². The van der Waals surface area contributed by atoms with Crippen LogP contribution in [0.2, 0.25) is 0 Å². The molecule has 0 radical (unpaired) electrons. The third-order valence-electron chi connectivity index (χ3n) is 8.51. The average Bonchev–Trinajstić information content (AvgIpc) is 3.06. The summed E-state index contributed by atoms with van der Waals surface area (Å²) in [4.78, 5) is 2.16. The third-order valence-corrected chi connectivity index (χ3v) is 11.0. The summed E-state index contributed by atoms with van der Waals surface area (Å²) in [5.74, 6) is 5.30. The zero-order valence-corrected chi connectivity index (χ0v) is 30.5. The molecule has 14 nitrogen and oxygen atoms in total. The van der Waals surface area contributed by atoms with Gasteiger partial charge in [0.2, 0.25) is 11.0 Å². The van der Waals surface area contributed by atoms with Crippen LogP contribution in [0.1, 0.15) is 22.3 Å². The molecule has 0 atom stereocenters. The van der Waals surface area contributed by atoms with Crippen LogP contribution in [0.3, 0.4) is 0 Å². The Balaban J connectivity index is 1.83. The molecule has 0 bridgehead atoms. The topological polar surface area (TPSA) is 229 Å². The van der Waals surface area contributed by atoms with Gasteiger partial charge in [-0.1, -0.05) is 54.6 Å². The molecule has 4 aromatic carbocycles. The van der Waals surface area contributed by atoms with Crippen LogP contribution in [0.5, 0.6) is 0 Å². The van der Waals surface area contributed by atoms with Gasteiger partial charge in [-0.25, -0.2) is 4.99 Å². The van der Waals surface area contributed by atoms with Crippen molar-refractivity contribution in [1.82, 2.24) is 0 Å². The fraction of sp³-hybridized carbons (Fsp3) is 0.114. The molecule has 0 aromatic heterocycles. The van der Waals surface area contributed by atoms with E-state index in [-0.39, 0.29) is 50.2 Å². The summed E-state index contributed by atoms with van der Waals surface area (Å²) in [6.07, 6.45) is 0. The van der Waals surface area contributed by atoms with Gasteiger partial charge in [0.15, 0.2) is 4.90 Å². The van der Waals surface area contributed by atoms with E-state index in [1.807, 2.05) is 64.1 Å². The summed E-state index contributed by atoms with van der Waals surface area (Å²) >= 11 is 0. The van der Waals surface area contributed by atoms with Gasteiger partial charge in [0.1, 0.15) is 16.2 Å². The van der Waals surface area contributed by atoms with Gasteiger partial charge in [-0.3, -0.25) is 13.8 Å². The zero-order chi connectivity index (χ0) is 37.7. The van der Waals surface area contributed by atoms with Crippen molar-refractivity contribution in [3.05, 3.63) is 113 Å². The minimum atomic E-state index is -4.89. The number of nitrogens with two attached hydrogens (primary N) is 1. The molecule has 1 heterocycles. The van der Waals surface area contributed by atoms with Crippen molar-refractivity contribution >= 4 is 64.3 Å². The first-order chi connectivity index (χ1) is 24.4. The van der Waals surface area contributed by atoms with Crippen LogP contribution >= 0.6 is 0 Å². The SMILES string of the molecule is Cc1cccc(C)c1Nc1cc2oc3cc(=[NH+]c4c(C)cccc4C)c(S(=O)(=O)ON)cc-3c(-c3ccccc3S(=O)(=O)O)c2cc1NS(=O)(=O)O. The van der Waals surface area contributed by atoms with Crippen LogP contribution in [-0.2, 0) is 34.8 Å². The lowest BCUT2D eigenvalue weighted by atomic mass is 9.93. The van der Waals surface area contributed by atoms with E-state index in [1.54, 1.807) is 0 Å². The number of hydrogen-bond donors (Lipinski definition) is 6. The maximum Gasteiger partial charge on any atom is 0.357 e. The predicted octanol–water partition coefficient (Wildman–Crippen LogP) is 4.54. The molecule has 6 rings (SSSR count). The normalized spacial score (nSPS) is 12.8. The monoisotopic (exact) mass is 765 g/mol. The Morgan fingerprint density at radius 2 is 1.33 bits per heavy atom. The van der Waals surface area contributed by atoms with Crippen molar-refractivity contribution < 1.29 is 48.1 Å². The number of fused-ring (bicyclic) bond motifs is 2. The predicted molar refractivity (Wildman–Crippen MR) is 195 cm³/mol. The van der Waals surface area contributed by atoms with Crippen molar-refractivity contribution in [1.29, 1.82) is 0 Å². The Hall–Kier alpha value is -5.14. The molecule has 0 saturated heterocycles. The van der Waals surface area contributed by atoms with Gasteiger partial charge in [-0.05, 0) is 57.0 Å². The Morgan fingerprint density at radius 3 is 1.92 bits per heavy atom. The number of aryl methyl sites for hydroxylation is 4. The summed E-state index contributed by atoms with van der Waals surface area (Å²) in [5, 5.41) is 3.27. The van der Waals surface area contributed by atoms with E-state index in [0.717, 1.165) is 28.3 Å². The molecular weight excluding hydrogens is 733 g/mol. The molecule has 52 heavy (non-hydrogen) atoms. The Kier molecular flexibility index (Phi) is 9.47. The molecule has 7 N–H and O–H groups in total. The minimum absolute atomic E-state index is 0.00556. The smallest absolute Gasteiger partial charge is 0.357 e. The van der Waals surface area contributed by atoms with Crippen molar-refractivity contribution in [2.75, 3.05) is 10.0 Å². The van der Waals surface area contributed by atoms with Crippen molar-refractivity contribution in [2.24, 2.45) is 5.90 Å². The van der Waals surface area contributed by atoms with E-state index in [9.17, 15) is 34.4 Å². The molecule has 4 aromatic rings. The van der Waals surface area contributed by atoms with Crippen LogP contribution in [0.15, 0.2) is 99.1 Å². The molecular formula is C35H33N4O10S3+. The number of benzene rings is 5. The highest BCUT2D eigenvalue weighted by Gasteiger charge is 2.30. The quantitative estimate of drug-likeness (QED) is 0.0678. The largest absolute Gasteiger partial charge is 0.456 e. The van der Waals surface area contributed by atoms with E-state index in [2.05, 4.69) is 19.3 Å².